The molecule has 19 heavy (non-hydrogen) atoms. The van der Waals surface area contributed by atoms with Crippen LogP contribution in [0.5, 0.6) is 11.5 Å². The van der Waals surface area contributed by atoms with Crippen LogP contribution in [-0.2, 0) is 14.0 Å². The van der Waals surface area contributed by atoms with Gasteiger partial charge in [0.15, 0.2) is 11.5 Å². The van der Waals surface area contributed by atoms with Gasteiger partial charge in [0.05, 0.1) is 26.7 Å². The first-order chi connectivity index (χ1) is 8.88. The fourth-order valence-corrected chi connectivity index (χ4v) is 3.32. The lowest BCUT2D eigenvalue weighted by atomic mass is 9.97. The highest BCUT2D eigenvalue weighted by atomic mass is 35.7. The van der Waals surface area contributed by atoms with Crippen LogP contribution in [-0.4, -0.2) is 32.8 Å². The minimum atomic E-state index is -4.06. The monoisotopic (exact) mass is 305 g/mol. The predicted molar refractivity (Wildman–Crippen MR) is 68.5 cm³/mol. The molecule has 0 N–H and O–H groups in total. The molecule has 8 heteroatoms. The maximum atomic E-state index is 11.3. The van der Waals surface area contributed by atoms with E-state index < -0.39 is 21.2 Å². The van der Waals surface area contributed by atoms with E-state index in [1.807, 2.05) is 0 Å². The molecule has 1 heterocycles. The second-order valence-electron chi connectivity index (χ2n) is 3.97. The zero-order valence-corrected chi connectivity index (χ0v) is 11.9. The maximum Gasteiger partial charge on any atom is 0.324 e. The van der Waals surface area contributed by atoms with Crippen LogP contribution in [0.4, 0.5) is 0 Å². The number of carbonyl (C=O) groups excluding carboxylic acids is 1. The summed E-state index contributed by atoms with van der Waals surface area (Å²) in [6, 6.07) is 4.36. The van der Waals surface area contributed by atoms with E-state index in [-0.39, 0.29) is 6.42 Å². The molecule has 1 aliphatic rings. The van der Waals surface area contributed by atoms with Crippen LogP contribution in [0.3, 0.4) is 0 Å². The first-order valence-corrected chi connectivity index (χ1v) is 7.64. The minimum Gasteiger partial charge on any atom is -0.493 e. The van der Waals surface area contributed by atoms with Crippen LogP contribution in [0.1, 0.15) is 18.0 Å². The quantitative estimate of drug-likeness (QED) is 0.622. The number of β-lactam (4-membered cyclic amide) rings is 1. The lowest BCUT2D eigenvalue weighted by molar-refractivity contribution is -0.137. The number of hydrogen-bond acceptors (Lipinski definition) is 5. The molecule has 1 amide bonds. The molecule has 0 aromatic heterocycles. The van der Waals surface area contributed by atoms with Gasteiger partial charge in [-0.25, -0.2) is 4.31 Å². The van der Waals surface area contributed by atoms with Gasteiger partial charge >= 0.3 is 9.24 Å². The first-order valence-electron chi connectivity index (χ1n) is 5.37. The molecule has 104 valence electrons. The summed E-state index contributed by atoms with van der Waals surface area (Å²) in [5, 5.41) is 0. The molecule has 0 aliphatic carbocycles. The van der Waals surface area contributed by atoms with E-state index in [4.69, 9.17) is 20.2 Å². The van der Waals surface area contributed by atoms with Crippen molar-refractivity contribution in [1.82, 2.24) is 4.31 Å². The Morgan fingerprint density at radius 1 is 1.26 bits per heavy atom. The molecule has 1 aromatic rings. The molecule has 1 aliphatic heterocycles. The van der Waals surface area contributed by atoms with Gasteiger partial charge in [-0.05, 0) is 17.7 Å². The number of nitrogens with zero attached hydrogens (tertiary/aromatic N) is 1. The Kier molecular flexibility index (Phi) is 3.60. The zero-order chi connectivity index (χ0) is 14.2. The Labute approximate surface area is 115 Å². The minimum absolute atomic E-state index is 0.0986. The number of halogens is 1. The van der Waals surface area contributed by atoms with Crippen molar-refractivity contribution in [1.29, 1.82) is 0 Å². The lowest BCUT2D eigenvalue weighted by Crippen LogP contribution is -2.47. The Balaban J connectivity index is 2.36. The predicted octanol–water partition coefficient (Wildman–Crippen LogP) is 1.46. The van der Waals surface area contributed by atoms with E-state index >= 15 is 0 Å². The molecule has 1 fully saturated rings. The normalized spacial score (nSPS) is 19.0. The van der Waals surface area contributed by atoms with E-state index in [1.54, 1.807) is 18.2 Å². The summed E-state index contributed by atoms with van der Waals surface area (Å²) in [6.45, 7) is 0. The van der Waals surface area contributed by atoms with Gasteiger partial charge in [-0.1, -0.05) is 6.07 Å². The SMILES string of the molecule is COc1ccc(C2CC(=O)N2S(=O)(=O)Cl)cc1OC. The molecule has 1 aromatic carbocycles. The van der Waals surface area contributed by atoms with Crippen molar-refractivity contribution in [2.75, 3.05) is 14.2 Å². The largest absolute Gasteiger partial charge is 0.493 e. The third-order valence-electron chi connectivity index (χ3n) is 2.92. The molecule has 1 saturated heterocycles. The number of benzene rings is 1. The van der Waals surface area contributed by atoms with Crippen molar-refractivity contribution >= 4 is 25.8 Å². The molecule has 0 spiro atoms. The van der Waals surface area contributed by atoms with Gasteiger partial charge in [-0.3, -0.25) is 4.79 Å². The van der Waals surface area contributed by atoms with Crippen LogP contribution in [0, 0.1) is 0 Å². The molecule has 0 bridgehead atoms. The highest BCUT2D eigenvalue weighted by Gasteiger charge is 2.44. The van der Waals surface area contributed by atoms with Crippen molar-refractivity contribution in [3.05, 3.63) is 23.8 Å². The molecule has 6 nitrogen and oxygen atoms in total. The fourth-order valence-electron chi connectivity index (χ4n) is 1.99. The second-order valence-corrected chi connectivity index (χ2v) is 6.35. The highest BCUT2D eigenvalue weighted by Crippen LogP contribution is 2.40. The molecule has 1 atom stereocenters. The van der Waals surface area contributed by atoms with Gasteiger partial charge in [0, 0.05) is 10.7 Å². The second kappa shape index (κ2) is 4.90. The highest BCUT2D eigenvalue weighted by molar-refractivity contribution is 8.12. The summed E-state index contributed by atoms with van der Waals surface area (Å²) < 4.78 is 33.5. The summed E-state index contributed by atoms with van der Waals surface area (Å²) in [6.07, 6.45) is 0.0986. The summed E-state index contributed by atoms with van der Waals surface area (Å²) in [5.74, 6) is 0.471. The van der Waals surface area contributed by atoms with Crippen molar-refractivity contribution in [2.45, 2.75) is 12.5 Å². The number of hydrogen-bond donors (Lipinski definition) is 0. The summed E-state index contributed by atoms with van der Waals surface area (Å²) in [4.78, 5) is 11.3. The summed E-state index contributed by atoms with van der Waals surface area (Å²) in [5.41, 5.74) is 0.626. The molecule has 0 radical (unpaired) electrons. The molecule has 2 rings (SSSR count). The molecular formula is C11H12ClNO5S. The lowest BCUT2D eigenvalue weighted by Gasteiger charge is -2.37. The van der Waals surface area contributed by atoms with Crippen molar-refractivity contribution < 1.29 is 22.7 Å². The standard InChI is InChI=1S/C11H12ClNO5S/c1-17-9-4-3-7(5-10(9)18-2)8-6-11(14)13(8)19(12,15)16/h3-5,8H,6H2,1-2H3. The van der Waals surface area contributed by atoms with Crippen molar-refractivity contribution in [2.24, 2.45) is 0 Å². The third-order valence-corrected chi connectivity index (χ3v) is 4.30. The number of rotatable bonds is 4. The Morgan fingerprint density at radius 3 is 2.37 bits per heavy atom. The topological polar surface area (TPSA) is 72.9 Å². The third kappa shape index (κ3) is 2.48. The van der Waals surface area contributed by atoms with Crippen molar-refractivity contribution in [3.63, 3.8) is 0 Å². The van der Waals surface area contributed by atoms with Gasteiger partial charge in [0.25, 0.3) is 0 Å². The van der Waals surface area contributed by atoms with E-state index in [0.29, 0.717) is 21.4 Å². The smallest absolute Gasteiger partial charge is 0.324 e. The Bertz CT molecular complexity index is 616. The van der Waals surface area contributed by atoms with Gasteiger partial charge in [-0.2, -0.15) is 8.42 Å². The maximum absolute atomic E-state index is 11.3. The van der Waals surface area contributed by atoms with Gasteiger partial charge in [-0.15, -0.1) is 0 Å². The zero-order valence-electron chi connectivity index (χ0n) is 10.3. The fraction of sp³-hybridized carbons (Fsp3) is 0.364. The number of carbonyl (C=O) groups is 1. The Morgan fingerprint density at radius 2 is 1.89 bits per heavy atom. The summed E-state index contributed by atoms with van der Waals surface area (Å²) >= 11 is 0. The van der Waals surface area contributed by atoms with Crippen LogP contribution in [0.25, 0.3) is 0 Å². The average Bonchev–Trinajstić information content (AvgIpc) is 2.32. The van der Waals surface area contributed by atoms with E-state index in [2.05, 4.69) is 0 Å². The summed E-state index contributed by atoms with van der Waals surface area (Å²) in [7, 11) is 4.14. The van der Waals surface area contributed by atoms with Crippen LogP contribution in [0.15, 0.2) is 18.2 Å². The Hall–Kier alpha value is -1.47. The first kappa shape index (κ1) is 14.0. The van der Waals surface area contributed by atoms with Crippen LogP contribution >= 0.6 is 10.7 Å². The number of amides is 1. The van der Waals surface area contributed by atoms with Gasteiger partial charge in [0.1, 0.15) is 0 Å². The number of methoxy groups -OCH3 is 2. The number of ether oxygens (including phenoxy) is 2. The van der Waals surface area contributed by atoms with Crippen LogP contribution < -0.4 is 9.47 Å². The van der Waals surface area contributed by atoms with E-state index in [0.717, 1.165) is 0 Å². The molecule has 0 saturated carbocycles. The molecular weight excluding hydrogens is 294 g/mol. The van der Waals surface area contributed by atoms with E-state index in [9.17, 15) is 13.2 Å². The molecule has 1 unspecified atom stereocenters. The van der Waals surface area contributed by atoms with Crippen LogP contribution in [0.2, 0.25) is 0 Å². The van der Waals surface area contributed by atoms with Gasteiger partial charge in [0.2, 0.25) is 5.91 Å². The average molecular weight is 306 g/mol. The van der Waals surface area contributed by atoms with Gasteiger partial charge < -0.3 is 9.47 Å². The van der Waals surface area contributed by atoms with E-state index in [1.165, 1.54) is 14.2 Å². The van der Waals surface area contributed by atoms with Crippen molar-refractivity contribution in [3.8, 4) is 11.5 Å².